The highest BCUT2D eigenvalue weighted by Crippen LogP contribution is 2.28. The van der Waals surface area contributed by atoms with Gasteiger partial charge in [0.25, 0.3) is 0 Å². The molecule has 0 aliphatic heterocycles. The van der Waals surface area contributed by atoms with Gasteiger partial charge in [0.1, 0.15) is 0 Å². The summed E-state index contributed by atoms with van der Waals surface area (Å²) in [5.74, 6) is 1.80. The van der Waals surface area contributed by atoms with Gasteiger partial charge in [0.05, 0.1) is 0 Å². The molecule has 1 fully saturated rings. The molecular weight excluding hydrogens is 399 g/mol. The summed E-state index contributed by atoms with van der Waals surface area (Å²) in [4.78, 5) is 7.99. The summed E-state index contributed by atoms with van der Waals surface area (Å²) in [6, 6.07) is 8.50. The molecule has 4 nitrogen and oxygen atoms in total. The van der Waals surface area contributed by atoms with Crippen molar-refractivity contribution in [2.24, 2.45) is 10.9 Å². The highest BCUT2D eigenvalue weighted by molar-refractivity contribution is 14.0. The van der Waals surface area contributed by atoms with Crippen LogP contribution in [0.3, 0.4) is 0 Å². The van der Waals surface area contributed by atoms with E-state index in [1.807, 2.05) is 0 Å². The smallest absolute Gasteiger partial charge is 0.191 e. The van der Waals surface area contributed by atoms with E-state index in [-0.39, 0.29) is 24.0 Å². The van der Waals surface area contributed by atoms with Gasteiger partial charge in [0, 0.05) is 36.7 Å². The number of aromatic amines is 1. The summed E-state index contributed by atoms with van der Waals surface area (Å²) in [5.41, 5.74) is 2.63. The standard InChI is InChI=1S/C18H26N4.HI/c1-2-19-18(22-12-14-9-10-14)20-11-5-6-15-13-21-17-8-4-3-7-16(15)17;/h3-4,7-8,13-14,21H,2,5-6,9-12H2,1H3,(H2,19,20,22);1H. The molecule has 0 atom stereocenters. The Morgan fingerprint density at radius 3 is 2.87 bits per heavy atom. The first-order valence-corrected chi connectivity index (χ1v) is 8.44. The van der Waals surface area contributed by atoms with E-state index < -0.39 is 0 Å². The van der Waals surface area contributed by atoms with E-state index in [1.165, 1.54) is 29.3 Å². The lowest BCUT2D eigenvalue weighted by Gasteiger charge is -2.11. The Morgan fingerprint density at radius 2 is 2.09 bits per heavy atom. The number of para-hydroxylation sites is 1. The Morgan fingerprint density at radius 1 is 1.26 bits per heavy atom. The predicted molar refractivity (Wildman–Crippen MR) is 109 cm³/mol. The molecule has 1 aliphatic carbocycles. The van der Waals surface area contributed by atoms with E-state index in [4.69, 9.17) is 0 Å². The maximum Gasteiger partial charge on any atom is 0.191 e. The lowest BCUT2D eigenvalue weighted by molar-refractivity contribution is 0.738. The van der Waals surface area contributed by atoms with Gasteiger partial charge in [-0.2, -0.15) is 0 Å². The van der Waals surface area contributed by atoms with Crippen molar-refractivity contribution in [3.8, 4) is 0 Å². The fourth-order valence-corrected chi connectivity index (χ4v) is 2.69. The van der Waals surface area contributed by atoms with Gasteiger partial charge in [0.15, 0.2) is 5.96 Å². The first-order valence-electron chi connectivity index (χ1n) is 8.44. The topological polar surface area (TPSA) is 52.2 Å². The van der Waals surface area contributed by atoms with Crippen molar-refractivity contribution >= 4 is 40.8 Å². The first kappa shape index (κ1) is 18.1. The van der Waals surface area contributed by atoms with Crippen LogP contribution in [0.2, 0.25) is 0 Å². The molecule has 0 bridgehead atoms. The number of hydrogen-bond acceptors (Lipinski definition) is 1. The molecular formula is C18H27IN4. The van der Waals surface area contributed by atoms with Crippen LogP contribution in [-0.4, -0.2) is 30.6 Å². The van der Waals surface area contributed by atoms with Crippen molar-refractivity contribution < 1.29 is 0 Å². The molecule has 1 saturated carbocycles. The molecule has 0 spiro atoms. The van der Waals surface area contributed by atoms with Crippen LogP contribution in [0.1, 0.15) is 31.7 Å². The predicted octanol–water partition coefficient (Wildman–Crippen LogP) is 3.68. The molecule has 23 heavy (non-hydrogen) atoms. The van der Waals surface area contributed by atoms with Crippen LogP contribution < -0.4 is 10.6 Å². The molecule has 2 aromatic rings. The van der Waals surface area contributed by atoms with Crippen molar-refractivity contribution in [2.45, 2.75) is 32.6 Å². The summed E-state index contributed by atoms with van der Waals surface area (Å²) in [7, 11) is 0. The highest BCUT2D eigenvalue weighted by Gasteiger charge is 2.20. The summed E-state index contributed by atoms with van der Waals surface area (Å²) < 4.78 is 0. The molecule has 0 saturated heterocycles. The number of aromatic nitrogens is 1. The van der Waals surface area contributed by atoms with Gasteiger partial charge in [-0.05, 0) is 50.2 Å². The minimum absolute atomic E-state index is 0. The number of nitrogens with one attached hydrogen (secondary N) is 3. The molecule has 5 heteroatoms. The van der Waals surface area contributed by atoms with Gasteiger partial charge in [0.2, 0.25) is 0 Å². The van der Waals surface area contributed by atoms with Crippen molar-refractivity contribution in [1.82, 2.24) is 15.6 Å². The normalized spacial score (nSPS) is 14.6. The molecule has 0 radical (unpaired) electrons. The Balaban J connectivity index is 0.00000192. The Bertz CT molecular complexity index is 631. The Kier molecular flexibility index (Phi) is 7.20. The number of nitrogens with zero attached hydrogens (tertiary/aromatic N) is 1. The Labute approximate surface area is 155 Å². The molecule has 1 aromatic heterocycles. The van der Waals surface area contributed by atoms with Crippen LogP contribution in [0.5, 0.6) is 0 Å². The minimum Gasteiger partial charge on any atom is -0.361 e. The fraction of sp³-hybridized carbons (Fsp3) is 0.500. The second-order valence-electron chi connectivity index (χ2n) is 6.05. The summed E-state index contributed by atoms with van der Waals surface area (Å²) >= 11 is 0. The number of H-pyrrole nitrogens is 1. The van der Waals surface area contributed by atoms with Crippen LogP contribution >= 0.6 is 24.0 Å². The monoisotopic (exact) mass is 426 g/mol. The van der Waals surface area contributed by atoms with E-state index in [0.29, 0.717) is 0 Å². The zero-order valence-electron chi connectivity index (χ0n) is 13.8. The largest absolute Gasteiger partial charge is 0.361 e. The van der Waals surface area contributed by atoms with Crippen molar-refractivity contribution in [2.75, 3.05) is 19.6 Å². The second-order valence-corrected chi connectivity index (χ2v) is 6.05. The van der Waals surface area contributed by atoms with E-state index in [0.717, 1.165) is 44.4 Å². The number of rotatable bonds is 7. The number of fused-ring (bicyclic) bond motifs is 1. The van der Waals surface area contributed by atoms with Gasteiger partial charge in [-0.3, -0.25) is 4.99 Å². The number of aryl methyl sites for hydroxylation is 1. The van der Waals surface area contributed by atoms with Crippen molar-refractivity contribution in [1.29, 1.82) is 0 Å². The third kappa shape index (κ3) is 5.41. The fourth-order valence-electron chi connectivity index (χ4n) is 2.69. The van der Waals surface area contributed by atoms with Crippen LogP contribution in [0, 0.1) is 5.92 Å². The number of aliphatic imine (C=N–C) groups is 1. The number of benzene rings is 1. The lowest BCUT2D eigenvalue weighted by Crippen LogP contribution is -2.38. The molecule has 1 aliphatic rings. The molecule has 126 valence electrons. The average Bonchev–Trinajstić information content (AvgIpc) is 3.28. The number of hydrogen-bond donors (Lipinski definition) is 3. The number of halogens is 1. The SMILES string of the molecule is CCNC(=NCC1CC1)NCCCc1c[nH]c2ccccc12.I. The maximum atomic E-state index is 4.65. The Hall–Kier alpha value is -1.24. The van der Waals surface area contributed by atoms with Crippen LogP contribution in [0.4, 0.5) is 0 Å². The summed E-state index contributed by atoms with van der Waals surface area (Å²) in [5, 5.41) is 8.11. The zero-order valence-corrected chi connectivity index (χ0v) is 16.1. The molecule has 3 N–H and O–H groups in total. The number of guanidine groups is 1. The van der Waals surface area contributed by atoms with Crippen LogP contribution in [0.25, 0.3) is 10.9 Å². The van der Waals surface area contributed by atoms with E-state index in [9.17, 15) is 0 Å². The molecule has 1 heterocycles. The zero-order chi connectivity index (χ0) is 15.2. The lowest BCUT2D eigenvalue weighted by atomic mass is 10.1. The van der Waals surface area contributed by atoms with Gasteiger partial charge in [-0.15, -0.1) is 24.0 Å². The summed E-state index contributed by atoms with van der Waals surface area (Å²) in [6.07, 6.45) is 7.03. The maximum absolute atomic E-state index is 4.65. The first-order chi connectivity index (χ1) is 10.9. The highest BCUT2D eigenvalue weighted by atomic mass is 127. The average molecular weight is 426 g/mol. The molecule has 0 unspecified atom stereocenters. The third-order valence-electron chi connectivity index (χ3n) is 4.14. The van der Waals surface area contributed by atoms with Gasteiger partial charge in [-0.1, -0.05) is 18.2 Å². The van der Waals surface area contributed by atoms with Gasteiger partial charge in [-0.25, -0.2) is 0 Å². The molecule has 0 amide bonds. The van der Waals surface area contributed by atoms with Gasteiger partial charge >= 0.3 is 0 Å². The van der Waals surface area contributed by atoms with Crippen LogP contribution in [0.15, 0.2) is 35.5 Å². The second kappa shape index (κ2) is 9.15. The van der Waals surface area contributed by atoms with E-state index in [2.05, 4.69) is 58.0 Å². The quantitative estimate of drug-likeness (QED) is 0.274. The minimum atomic E-state index is 0. The van der Waals surface area contributed by atoms with Crippen molar-refractivity contribution in [3.63, 3.8) is 0 Å². The molecule has 3 rings (SSSR count). The van der Waals surface area contributed by atoms with E-state index >= 15 is 0 Å². The molecule has 1 aromatic carbocycles. The summed E-state index contributed by atoms with van der Waals surface area (Å²) in [6.45, 7) is 4.95. The van der Waals surface area contributed by atoms with Crippen molar-refractivity contribution in [3.05, 3.63) is 36.0 Å². The van der Waals surface area contributed by atoms with Crippen LogP contribution in [-0.2, 0) is 6.42 Å². The van der Waals surface area contributed by atoms with Gasteiger partial charge < -0.3 is 15.6 Å². The van der Waals surface area contributed by atoms with E-state index in [1.54, 1.807) is 0 Å². The third-order valence-corrected chi connectivity index (χ3v) is 4.14.